The Labute approximate surface area is 138 Å². The molecular formula is C19H26N2O2. The van der Waals surface area contributed by atoms with E-state index in [1.165, 1.54) is 19.3 Å². The van der Waals surface area contributed by atoms with Gasteiger partial charge in [0.2, 0.25) is 0 Å². The van der Waals surface area contributed by atoms with Gasteiger partial charge in [0.15, 0.2) is 0 Å². The maximum absolute atomic E-state index is 12.2. The molecule has 0 unspecified atom stereocenters. The first-order chi connectivity index (χ1) is 11.2. The molecule has 0 radical (unpaired) electrons. The van der Waals surface area contributed by atoms with E-state index in [4.69, 9.17) is 4.74 Å². The number of hydrogen-bond acceptors (Lipinski definition) is 3. The van der Waals surface area contributed by atoms with Crippen molar-refractivity contribution in [2.75, 3.05) is 18.5 Å². The van der Waals surface area contributed by atoms with Crippen molar-refractivity contribution in [1.82, 2.24) is 5.32 Å². The standard InChI is InChI=1S/C19H26N2O2/c22-18(23-7-6-20-17-4-2-1-3-5-17)21-19-11-14-8-15(12-19)10-16(9-14)13-19/h1-5,14-16,20H,6-13H2,(H,21,22). The first kappa shape index (κ1) is 14.9. The van der Waals surface area contributed by atoms with Crippen molar-refractivity contribution >= 4 is 11.8 Å². The molecule has 0 aliphatic heterocycles. The Balaban J connectivity index is 1.23. The van der Waals surface area contributed by atoms with E-state index in [-0.39, 0.29) is 11.6 Å². The van der Waals surface area contributed by atoms with Gasteiger partial charge in [-0.05, 0) is 68.4 Å². The van der Waals surface area contributed by atoms with Crippen LogP contribution < -0.4 is 10.6 Å². The summed E-state index contributed by atoms with van der Waals surface area (Å²) in [6.45, 7) is 1.03. The minimum absolute atomic E-state index is 0.0404. The lowest BCUT2D eigenvalue weighted by Crippen LogP contribution is -2.60. The first-order valence-electron chi connectivity index (χ1n) is 8.95. The lowest BCUT2D eigenvalue weighted by atomic mass is 9.53. The van der Waals surface area contributed by atoms with Crippen LogP contribution in [-0.2, 0) is 4.74 Å². The minimum Gasteiger partial charge on any atom is -0.448 e. The SMILES string of the molecule is O=C(NC12CC3CC(CC(C3)C1)C2)OCCNc1ccccc1. The number of rotatable bonds is 5. The summed E-state index contributed by atoms with van der Waals surface area (Å²) in [6, 6.07) is 9.98. The molecule has 0 aromatic heterocycles. The van der Waals surface area contributed by atoms with Crippen LogP contribution in [0.5, 0.6) is 0 Å². The third-order valence-corrected chi connectivity index (χ3v) is 5.84. The number of benzene rings is 1. The molecule has 1 aromatic carbocycles. The van der Waals surface area contributed by atoms with Gasteiger partial charge in [0, 0.05) is 17.8 Å². The zero-order chi connectivity index (χ0) is 15.7. The molecule has 4 nitrogen and oxygen atoms in total. The summed E-state index contributed by atoms with van der Waals surface area (Å²) in [5, 5.41) is 6.49. The van der Waals surface area contributed by atoms with E-state index >= 15 is 0 Å². The van der Waals surface area contributed by atoms with E-state index in [2.05, 4.69) is 10.6 Å². The highest BCUT2D eigenvalue weighted by Crippen LogP contribution is 2.55. The molecule has 23 heavy (non-hydrogen) atoms. The molecule has 0 heterocycles. The number of amides is 1. The average molecular weight is 314 g/mol. The second-order valence-corrected chi connectivity index (χ2v) is 7.75. The van der Waals surface area contributed by atoms with Crippen LogP contribution in [0.4, 0.5) is 10.5 Å². The summed E-state index contributed by atoms with van der Waals surface area (Å²) < 4.78 is 5.39. The molecular weight excluding hydrogens is 288 g/mol. The highest BCUT2D eigenvalue weighted by Gasteiger charge is 2.51. The van der Waals surface area contributed by atoms with E-state index in [1.54, 1.807) is 0 Å². The molecule has 0 spiro atoms. The number of carbonyl (C=O) groups excluding carboxylic acids is 1. The van der Waals surface area contributed by atoms with Gasteiger partial charge in [-0.3, -0.25) is 0 Å². The maximum Gasteiger partial charge on any atom is 0.407 e. The fraction of sp³-hybridized carbons (Fsp3) is 0.632. The van der Waals surface area contributed by atoms with Crippen molar-refractivity contribution < 1.29 is 9.53 Å². The summed E-state index contributed by atoms with van der Waals surface area (Å²) in [5.74, 6) is 2.50. The fourth-order valence-electron chi connectivity index (χ4n) is 5.41. The summed E-state index contributed by atoms with van der Waals surface area (Å²) in [5.41, 5.74) is 1.09. The summed E-state index contributed by atoms with van der Waals surface area (Å²) >= 11 is 0. The van der Waals surface area contributed by atoms with Crippen LogP contribution in [0.1, 0.15) is 38.5 Å². The maximum atomic E-state index is 12.2. The number of carbonyl (C=O) groups is 1. The summed E-state index contributed by atoms with van der Waals surface area (Å²) in [7, 11) is 0. The van der Waals surface area contributed by atoms with Gasteiger partial charge in [0.25, 0.3) is 0 Å². The minimum atomic E-state index is -0.234. The van der Waals surface area contributed by atoms with Crippen LogP contribution in [0.15, 0.2) is 30.3 Å². The normalized spacial score (nSPS) is 34.2. The van der Waals surface area contributed by atoms with E-state index < -0.39 is 0 Å². The quantitative estimate of drug-likeness (QED) is 0.813. The van der Waals surface area contributed by atoms with Gasteiger partial charge >= 0.3 is 6.09 Å². The number of anilines is 1. The average Bonchev–Trinajstić information content (AvgIpc) is 2.51. The first-order valence-corrected chi connectivity index (χ1v) is 8.95. The Morgan fingerprint density at radius 3 is 2.26 bits per heavy atom. The molecule has 5 rings (SSSR count). The Kier molecular flexibility index (Phi) is 3.92. The van der Waals surface area contributed by atoms with Crippen LogP contribution in [0.25, 0.3) is 0 Å². The Hall–Kier alpha value is -1.71. The molecule has 4 bridgehead atoms. The van der Waals surface area contributed by atoms with Crippen LogP contribution in [-0.4, -0.2) is 24.8 Å². The molecule has 0 saturated heterocycles. The van der Waals surface area contributed by atoms with Crippen molar-refractivity contribution in [3.8, 4) is 0 Å². The molecule has 0 atom stereocenters. The Morgan fingerprint density at radius 1 is 1.04 bits per heavy atom. The van der Waals surface area contributed by atoms with Crippen molar-refractivity contribution in [1.29, 1.82) is 0 Å². The van der Waals surface area contributed by atoms with Gasteiger partial charge in [-0.1, -0.05) is 18.2 Å². The van der Waals surface area contributed by atoms with Gasteiger partial charge < -0.3 is 15.4 Å². The van der Waals surface area contributed by atoms with Gasteiger partial charge in [-0.25, -0.2) is 4.79 Å². The number of ether oxygens (including phenoxy) is 1. The molecule has 1 aromatic rings. The lowest BCUT2D eigenvalue weighted by molar-refractivity contribution is -0.0188. The van der Waals surface area contributed by atoms with Gasteiger partial charge in [0.1, 0.15) is 6.61 Å². The van der Waals surface area contributed by atoms with Crippen molar-refractivity contribution in [2.45, 2.75) is 44.1 Å². The monoisotopic (exact) mass is 314 g/mol. The van der Waals surface area contributed by atoms with Crippen LogP contribution in [0.2, 0.25) is 0 Å². The van der Waals surface area contributed by atoms with Gasteiger partial charge in [0.05, 0.1) is 0 Å². The van der Waals surface area contributed by atoms with Crippen LogP contribution in [0.3, 0.4) is 0 Å². The second-order valence-electron chi connectivity index (χ2n) is 7.75. The van der Waals surface area contributed by atoms with E-state index in [0.717, 1.165) is 42.7 Å². The second kappa shape index (κ2) is 6.06. The highest BCUT2D eigenvalue weighted by molar-refractivity contribution is 5.68. The summed E-state index contributed by atoms with van der Waals surface area (Å²) in [4.78, 5) is 12.2. The van der Waals surface area contributed by atoms with Gasteiger partial charge in [-0.2, -0.15) is 0 Å². The number of hydrogen-bond donors (Lipinski definition) is 2. The molecule has 4 saturated carbocycles. The lowest BCUT2D eigenvalue weighted by Gasteiger charge is -2.56. The topological polar surface area (TPSA) is 50.4 Å². The number of nitrogens with one attached hydrogen (secondary N) is 2. The third-order valence-electron chi connectivity index (χ3n) is 5.84. The number of alkyl carbamates (subject to hydrolysis) is 1. The van der Waals surface area contributed by atoms with Crippen molar-refractivity contribution in [2.24, 2.45) is 17.8 Å². The van der Waals surface area contributed by atoms with Gasteiger partial charge in [-0.15, -0.1) is 0 Å². The molecule has 4 fully saturated rings. The molecule has 4 heteroatoms. The van der Waals surface area contributed by atoms with E-state index in [0.29, 0.717) is 13.2 Å². The smallest absolute Gasteiger partial charge is 0.407 e. The van der Waals surface area contributed by atoms with Crippen LogP contribution >= 0.6 is 0 Å². The molecule has 124 valence electrons. The predicted octanol–water partition coefficient (Wildman–Crippen LogP) is 3.79. The predicted molar refractivity (Wildman–Crippen MR) is 90.3 cm³/mol. The molecule has 4 aliphatic rings. The summed E-state index contributed by atoms with van der Waals surface area (Å²) in [6.07, 6.45) is 7.41. The zero-order valence-corrected chi connectivity index (χ0v) is 13.6. The van der Waals surface area contributed by atoms with Crippen LogP contribution in [0, 0.1) is 17.8 Å². The zero-order valence-electron chi connectivity index (χ0n) is 13.6. The van der Waals surface area contributed by atoms with E-state index in [1.807, 2.05) is 30.3 Å². The molecule has 2 N–H and O–H groups in total. The highest BCUT2D eigenvalue weighted by atomic mass is 16.5. The largest absolute Gasteiger partial charge is 0.448 e. The fourth-order valence-corrected chi connectivity index (χ4v) is 5.41. The Bertz CT molecular complexity index is 522. The van der Waals surface area contributed by atoms with E-state index in [9.17, 15) is 4.79 Å². The molecule has 4 aliphatic carbocycles. The number of para-hydroxylation sites is 1. The molecule has 1 amide bonds. The Morgan fingerprint density at radius 2 is 1.65 bits per heavy atom. The third kappa shape index (κ3) is 3.31. The van der Waals surface area contributed by atoms with Crippen molar-refractivity contribution in [3.63, 3.8) is 0 Å². The van der Waals surface area contributed by atoms with Crippen molar-refractivity contribution in [3.05, 3.63) is 30.3 Å².